The maximum atomic E-state index is 9.76. The van der Waals surface area contributed by atoms with Crippen molar-refractivity contribution in [3.05, 3.63) is 62.5 Å². The third-order valence-corrected chi connectivity index (χ3v) is 3.69. The van der Waals surface area contributed by atoms with E-state index in [0.717, 1.165) is 20.1 Å². The van der Waals surface area contributed by atoms with Crippen molar-refractivity contribution in [3.63, 3.8) is 0 Å². The highest BCUT2D eigenvalue weighted by Gasteiger charge is 2.10. The Bertz CT molecular complexity index is 568. The van der Waals surface area contributed by atoms with E-state index in [4.69, 9.17) is 4.74 Å². The Hall–Kier alpha value is -0.840. The summed E-state index contributed by atoms with van der Waals surface area (Å²) in [5.41, 5.74) is 1.86. The first-order chi connectivity index (χ1) is 9.06. The van der Waals surface area contributed by atoms with Crippen LogP contribution in [-0.4, -0.2) is 5.11 Å². The normalized spacial score (nSPS) is 12.2. The third-order valence-electron chi connectivity index (χ3n) is 2.71. The van der Waals surface area contributed by atoms with E-state index in [2.05, 4.69) is 31.9 Å². The third kappa shape index (κ3) is 4.06. The molecule has 0 fully saturated rings. The fourth-order valence-corrected chi connectivity index (χ4v) is 2.59. The lowest BCUT2D eigenvalue weighted by Gasteiger charge is -2.14. The maximum Gasteiger partial charge on any atom is 0.125 e. The van der Waals surface area contributed by atoms with Crippen molar-refractivity contribution >= 4 is 31.9 Å². The van der Waals surface area contributed by atoms with Gasteiger partial charge in [-0.3, -0.25) is 0 Å². The molecule has 0 amide bonds. The van der Waals surface area contributed by atoms with Crippen LogP contribution in [0.4, 0.5) is 0 Å². The van der Waals surface area contributed by atoms with Gasteiger partial charge in [0.05, 0.1) is 6.10 Å². The molecule has 4 heteroatoms. The molecule has 0 saturated heterocycles. The number of halogens is 2. The molecular weight excluding hydrogens is 372 g/mol. The first-order valence-corrected chi connectivity index (χ1v) is 7.49. The molecule has 1 atom stereocenters. The molecule has 2 aromatic carbocycles. The Morgan fingerprint density at radius 1 is 1.11 bits per heavy atom. The van der Waals surface area contributed by atoms with Crippen molar-refractivity contribution in [1.82, 2.24) is 0 Å². The van der Waals surface area contributed by atoms with Crippen molar-refractivity contribution in [1.29, 1.82) is 0 Å². The fourth-order valence-electron chi connectivity index (χ4n) is 1.77. The lowest BCUT2D eigenvalue weighted by Crippen LogP contribution is -2.01. The molecular formula is C15H14Br2O2. The molecule has 100 valence electrons. The maximum absolute atomic E-state index is 9.76. The first kappa shape index (κ1) is 14.6. The monoisotopic (exact) mass is 384 g/mol. The van der Waals surface area contributed by atoms with Crippen LogP contribution in [0.2, 0.25) is 0 Å². The highest BCUT2D eigenvalue weighted by Crippen LogP contribution is 2.29. The molecule has 0 aliphatic rings. The van der Waals surface area contributed by atoms with Gasteiger partial charge in [0, 0.05) is 14.5 Å². The van der Waals surface area contributed by atoms with Gasteiger partial charge < -0.3 is 9.84 Å². The van der Waals surface area contributed by atoms with E-state index in [0.29, 0.717) is 12.4 Å². The fraction of sp³-hybridized carbons (Fsp3) is 0.200. The van der Waals surface area contributed by atoms with Crippen LogP contribution >= 0.6 is 31.9 Å². The first-order valence-electron chi connectivity index (χ1n) is 5.91. The number of benzene rings is 2. The topological polar surface area (TPSA) is 29.5 Å². The largest absolute Gasteiger partial charge is 0.489 e. The summed E-state index contributed by atoms with van der Waals surface area (Å²) in [5.74, 6) is 0.707. The Labute approximate surface area is 129 Å². The van der Waals surface area contributed by atoms with Crippen LogP contribution in [0.5, 0.6) is 5.75 Å². The van der Waals surface area contributed by atoms with Gasteiger partial charge in [0.1, 0.15) is 12.4 Å². The summed E-state index contributed by atoms with van der Waals surface area (Å²) < 4.78 is 7.75. The molecule has 0 radical (unpaired) electrons. The van der Waals surface area contributed by atoms with E-state index in [1.807, 2.05) is 42.5 Å². The second-order valence-corrected chi connectivity index (χ2v) is 6.11. The van der Waals surface area contributed by atoms with Crippen molar-refractivity contribution in [2.75, 3.05) is 0 Å². The summed E-state index contributed by atoms with van der Waals surface area (Å²) >= 11 is 6.83. The molecule has 0 aliphatic heterocycles. The van der Waals surface area contributed by atoms with Gasteiger partial charge in [-0.15, -0.1) is 0 Å². The van der Waals surface area contributed by atoms with Crippen LogP contribution in [0, 0.1) is 0 Å². The Balaban J connectivity index is 2.15. The lowest BCUT2D eigenvalue weighted by molar-refractivity contribution is 0.190. The van der Waals surface area contributed by atoms with Crippen molar-refractivity contribution in [2.24, 2.45) is 0 Å². The summed E-state index contributed by atoms with van der Waals surface area (Å²) in [6, 6.07) is 13.6. The van der Waals surface area contributed by atoms with Crippen LogP contribution in [0.3, 0.4) is 0 Å². The Morgan fingerprint density at radius 3 is 2.53 bits per heavy atom. The number of ether oxygens (including phenoxy) is 1. The average molecular weight is 386 g/mol. The Morgan fingerprint density at radius 2 is 1.84 bits per heavy atom. The number of rotatable bonds is 4. The molecule has 1 unspecified atom stereocenters. The highest BCUT2D eigenvalue weighted by atomic mass is 79.9. The highest BCUT2D eigenvalue weighted by molar-refractivity contribution is 9.10. The van der Waals surface area contributed by atoms with Gasteiger partial charge >= 0.3 is 0 Å². The zero-order chi connectivity index (χ0) is 13.8. The Kier molecular flexibility index (Phi) is 5.02. The molecule has 0 saturated carbocycles. The second-order valence-electron chi connectivity index (χ2n) is 4.28. The molecule has 0 aromatic heterocycles. The molecule has 0 bridgehead atoms. The minimum absolute atomic E-state index is 0.473. The molecule has 0 heterocycles. The summed E-state index contributed by atoms with van der Waals surface area (Å²) in [5, 5.41) is 9.76. The zero-order valence-electron chi connectivity index (χ0n) is 10.4. The number of hydrogen-bond donors (Lipinski definition) is 1. The minimum atomic E-state index is -0.560. The second kappa shape index (κ2) is 6.55. The molecule has 2 rings (SSSR count). The van der Waals surface area contributed by atoms with Crippen LogP contribution in [0.1, 0.15) is 24.2 Å². The van der Waals surface area contributed by atoms with E-state index in [1.165, 1.54) is 0 Å². The predicted octanol–water partition coefficient (Wildman–Crippen LogP) is 4.84. The molecule has 1 N–H and O–H groups in total. The van der Waals surface area contributed by atoms with E-state index in [-0.39, 0.29) is 0 Å². The van der Waals surface area contributed by atoms with Gasteiger partial charge in [0.15, 0.2) is 0 Å². The SMILES string of the molecule is CC(O)c1cc(Br)ccc1OCc1cccc(Br)c1. The average Bonchev–Trinajstić information content (AvgIpc) is 2.37. The van der Waals surface area contributed by atoms with Crippen LogP contribution in [0.15, 0.2) is 51.4 Å². The molecule has 0 spiro atoms. The van der Waals surface area contributed by atoms with Crippen molar-refractivity contribution in [3.8, 4) is 5.75 Å². The predicted molar refractivity (Wildman–Crippen MR) is 83.2 cm³/mol. The van der Waals surface area contributed by atoms with Gasteiger partial charge in [0.2, 0.25) is 0 Å². The molecule has 2 aromatic rings. The summed E-state index contributed by atoms with van der Waals surface area (Å²) in [4.78, 5) is 0. The lowest BCUT2D eigenvalue weighted by atomic mass is 10.1. The minimum Gasteiger partial charge on any atom is -0.489 e. The van der Waals surface area contributed by atoms with Crippen molar-refractivity contribution in [2.45, 2.75) is 19.6 Å². The number of aliphatic hydroxyl groups is 1. The van der Waals surface area contributed by atoms with E-state index in [1.54, 1.807) is 6.92 Å². The summed E-state index contributed by atoms with van der Waals surface area (Å²) in [6.07, 6.45) is -0.560. The van der Waals surface area contributed by atoms with Gasteiger partial charge in [-0.05, 0) is 42.8 Å². The molecule has 19 heavy (non-hydrogen) atoms. The van der Waals surface area contributed by atoms with Gasteiger partial charge in [-0.2, -0.15) is 0 Å². The van der Waals surface area contributed by atoms with Gasteiger partial charge in [-0.25, -0.2) is 0 Å². The van der Waals surface area contributed by atoms with Gasteiger partial charge in [0.25, 0.3) is 0 Å². The summed E-state index contributed by atoms with van der Waals surface area (Å²) in [7, 11) is 0. The zero-order valence-corrected chi connectivity index (χ0v) is 13.6. The van der Waals surface area contributed by atoms with Crippen LogP contribution < -0.4 is 4.74 Å². The van der Waals surface area contributed by atoms with E-state index < -0.39 is 6.10 Å². The quantitative estimate of drug-likeness (QED) is 0.815. The van der Waals surface area contributed by atoms with Crippen molar-refractivity contribution < 1.29 is 9.84 Å². The van der Waals surface area contributed by atoms with Crippen LogP contribution in [-0.2, 0) is 6.61 Å². The van der Waals surface area contributed by atoms with E-state index >= 15 is 0 Å². The van der Waals surface area contributed by atoms with Crippen LogP contribution in [0.25, 0.3) is 0 Å². The smallest absolute Gasteiger partial charge is 0.125 e. The number of hydrogen-bond acceptors (Lipinski definition) is 2. The summed E-state index contributed by atoms with van der Waals surface area (Å²) in [6.45, 7) is 2.20. The number of aliphatic hydroxyl groups excluding tert-OH is 1. The standard InChI is InChI=1S/C15H14Br2O2/c1-10(18)14-8-13(17)5-6-15(14)19-9-11-3-2-4-12(16)7-11/h2-8,10,18H,9H2,1H3. The van der Waals surface area contributed by atoms with Gasteiger partial charge in [-0.1, -0.05) is 44.0 Å². The molecule has 2 nitrogen and oxygen atoms in total. The molecule has 0 aliphatic carbocycles. The van der Waals surface area contributed by atoms with E-state index in [9.17, 15) is 5.11 Å².